The fraction of sp³-hybridized carbons (Fsp3) is 0.400. The first kappa shape index (κ1) is 20.4. The zero-order chi connectivity index (χ0) is 20.4. The van der Waals surface area contributed by atoms with Crippen molar-refractivity contribution in [3.63, 3.8) is 0 Å². The van der Waals surface area contributed by atoms with Gasteiger partial charge < -0.3 is 5.11 Å². The summed E-state index contributed by atoms with van der Waals surface area (Å²) in [6.45, 7) is 12.2. The van der Waals surface area contributed by atoms with E-state index >= 15 is 0 Å². The molecule has 0 saturated carbocycles. The number of benzene rings is 1. The summed E-state index contributed by atoms with van der Waals surface area (Å²) in [5.74, 6) is -0.248. The molecule has 2 aromatic rings. The number of phenolic OH excluding ortho intramolecular Hbond substituents is 1. The number of hydrazone groups is 1. The Hall–Kier alpha value is -2.96. The summed E-state index contributed by atoms with van der Waals surface area (Å²) in [5, 5.41) is 20.5. The predicted octanol–water partition coefficient (Wildman–Crippen LogP) is 2.83. The molecule has 3 N–H and O–H groups in total. The van der Waals surface area contributed by atoms with Crippen molar-refractivity contribution in [2.24, 2.45) is 5.10 Å². The Morgan fingerprint density at radius 2 is 1.67 bits per heavy atom. The number of rotatable bonds is 3. The van der Waals surface area contributed by atoms with Crippen LogP contribution in [0.4, 0.5) is 0 Å². The third-order valence-corrected chi connectivity index (χ3v) is 4.04. The van der Waals surface area contributed by atoms with Crippen LogP contribution < -0.4 is 11.0 Å². The standard InChI is InChI=1S/C20H26N4O3/c1-19(2,3)13-9-12(10-14(17(13)26)20(4,5)6)11-21-24-18(27)15-7-8-16(25)23-22-15/h7-11,26H,1-6H3,(H,23,25)(H,24,27)/b21-11-. The van der Waals surface area contributed by atoms with Gasteiger partial charge in [0.05, 0.1) is 6.21 Å². The second-order valence-electron chi connectivity index (χ2n) is 8.47. The first-order valence-corrected chi connectivity index (χ1v) is 8.66. The van der Waals surface area contributed by atoms with Gasteiger partial charge in [0.1, 0.15) is 5.75 Å². The van der Waals surface area contributed by atoms with Gasteiger partial charge in [-0.05, 0) is 34.6 Å². The maximum absolute atomic E-state index is 12.0. The molecule has 0 atom stereocenters. The molecule has 144 valence electrons. The highest BCUT2D eigenvalue weighted by Crippen LogP contribution is 2.39. The number of hydrogen-bond acceptors (Lipinski definition) is 5. The van der Waals surface area contributed by atoms with Crippen LogP contribution in [0.1, 0.15) is 68.7 Å². The van der Waals surface area contributed by atoms with Crippen LogP contribution in [0.2, 0.25) is 0 Å². The Morgan fingerprint density at radius 1 is 1.11 bits per heavy atom. The number of hydrogen-bond donors (Lipinski definition) is 3. The molecular weight excluding hydrogens is 344 g/mol. The molecule has 0 saturated heterocycles. The number of phenols is 1. The molecule has 1 aromatic carbocycles. The van der Waals surface area contributed by atoms with Crippen molar-refractivity contribution in [2.75, 3.05) is 0 Å². The minimum atomic E-state index is -0.534. The number of H-pyrrole nitrogens is 1. The zero-order valence-corrected chi connectivity index (χ0v) is 16.5. The number of nitrogens with zero attached hydrogens (tertiary/aromatic N) is 2. The van der Waals surface area contributed by atoms with Crippen molar-refractivity contribution in [3.8, 4) is 5.75 Å². The molecular formula is C20H26N4O3. The highest BCUT2D eigenvalue weighted by Gasteiger charge is 2.26. The van der Waals surface area contributed by atoms with Gasteiger partial charge in [-0.2, -0.15) is 10.2 Å². The molecule has 1 aromatic heterocycles. The third kappa shape index (κ3) is 5.03. The average molecular weight is 370 g/mol. The number of amides is 1. The monoisotopic (exact) mass is 370 g/mol. The first-order chi connectivity index (χ1) is 12.4. The van der Waals surface area contributed by atoms with E-state index in [0.717, 1.165) is 16.7 Å². The van der Waals surface area contributed by atoms with Crippen LogP contribution in [0.3, 0.4) is 0 Å². The van der Waals surface area contributed by atoms with Crippen molar-refractivity contribution in [3.05, 3.63) is 57.0 Å². The molecule has 0 fully saturated rings. The van der Waals surface area contributed by atoms with E-state index in [9.17, 15) is 14.7 Å². The second-order valence-corrected chi connectivity index (χ2v) is 8.47. The highest BCUT2D eigenvalue weighted by atomic mass is 16.3. The van der Waals surface area contributed by atoms with Crippen molar-refractivity contribution in [1.82, 2.24) is 15.6 Å². The molecule has 2 rings (SSSR count). The molecule has 0 bridgehead atoms. The molecule has 0 aliphatic rings. The van der Waals surface area contributed by atoms with Gasteiger partial charge in [-0.3, -0.25) is 9.59 Å². The molecule has 0 unspecified atom stereocenters. The first-order valence-electron chi connectivity index (χ1n) is 8.66. The van der Waals surface area contributed by atoms with E-state index in [4.69, 9.17) is 0 Å². The molecule has 0 radical (unpaired) electrons. The third-order valence-electron chi connectivity index (χ3n) is 4.04. The van der Waals surface area contributed by atoms with Crippen LogP contribution in [0, 0.1) is 0 Å². The fourth-order valence-corrected chi connectivity index (χ4v) is 2.57. The number of aromatic hydroxyl groups is 1. The van der Waals surface area contributed by atoms with E-state index in [2.05, 4.69) is 20.7 Å². The van der Waals surface area contributed by atoms with Crippen LogP contribution in [0.25, 0.3) is 0 Å². The summed E-state index contributed by atoms with van der Waals surface area (Å²) < 4.78 is 0. The van der Waals surface area contributed by atoms with Crippen LogP contribution >= 0.6 is 0 Å². The fourth-order valence-electron chi connectivity index (χ4n) is 2.57. The Kier molecular flexibility index (Phi) is 5.54. The van der Waals surface area contributed by atoms with Gasteiger partial charge in [0, 0.05) is 17.2 Å². The molecule has 1 heterocycles. The van der Waals surface area contributed by atoms with E-state index in [1.165, 1.54) is 18.3 Å². The summed E-state index contributed by atoms with van der Waals surface area (Å²) in [5.41, 5.74) is 3.93. The SMILES string of the molecule is CC(C)(C)c1cc(/C=N\NC(=O)c2ccc(=O)[nH]n2)cc(C(C)(C)C)c1O. The Morgan fingerprint density at radius 3 is 2.11 bits per heavy atom. The summed E-state index contributed by atoms with van der Waals surface area (Å²) in [7, 11) is 0. The largest absolute Gasteiger partial charge is 0.507 e. The average Bonchev–Trinajstić information content (AvgIpc) is 2.54. The number of nitrogens with one attached hydrogen (secondary N) is 2. The molecule has 1 amide bonds. The molecule has 27 heavy (non-hydrogen) atoms. The Balaban J connectivity index is 2.32. The topological polar surface area (TPSA) is 107 Å². The maximum Gasteiger partial charge on any atom is 0.291 e. The minimum Gasteiger partial charge on any atom is -0.507 e. The number of aromatic amines is 1. The predicted molar refractivity (Wildman–Crippen MR) is 105 cm³/mol. The van der Waals surface area contributed by atoms with Gasteiger partial charge >= 0.3 is 0 Å². The van der Waals surface area contributed by atoms with Crippen LogP contribution in [0.15, 0.2) is 34.2 Å². The summed E-state index contributed by atoms with van der Waals surface area (Å²) in [4.78, 5) is 23.0. The zero-order valence-electron chi connectivity index (χ0n) is 16.5. The van der Waals surface area contributed by atoms with E-state index in [0.29, 0.717) is 0 Å². The van der Waals surface area contributed by atoms with E-state index < -0.39 is 5.91 Å². The van der Waals surface area contributed by atoms with Gasteiger partial charge in [-0.25, -0.2) is 10.5 Å². The van der Waals surface area contributed by atoms with E-state index in [-0.39, 0.29) is 27.8 Å². The van der Waals surface area contributed by atoms with Crippen molar-refractivity contribution >= 4 is 12.1 Å². The molecule has 7 nitrogen and oxygen atoms in total. The Bertz CT molecular complexity index is 876. The molecule has 0 aliphatic heterocycles. The van der Waals surface area contributed by atoms with Crippen LogP contribution in [-0.2, 0) is 10.8 Å². The van der Waals surface area contributed by atoms with E-state index in [1.807, 2.05) is 53.7 Å². The summed E-state index contributed by atoms with van der Waals surface area (Å²) >= 11 is 0. The second kappa shape index (κ2) is 7.34. The smallest absolute Gasteiger partial charge is 0.291 e. The van der Waals surface area contributed by atoms with Crippen LogP contribution in [0.5, 0.6) is 5.75 Å². The lowest BCUT2D eigenvalue weighted by molar-refractivity contribution is 0.0949. The van der Waals surface area contributed by atoms with Crippen molar-refractivity contribution in [2.45, 2.75) is 52.4 Å². The highest BCUT2D eigenvalue weighted by molar-refractivity contribution is 5.93. The van der Waals surface area contributed by atoms with Gasteiger partial charge in [-0.15, -0.1) is 0 Å². The number of carbonyl (C=O) groups excluding carboxylic acids is 1. The van der Waals surface area contributed by atoms with Gasteiger partial charge in [-0.1, -0.05) is 41.5 Å². The van der Waals surface area contributed by atoms with Gasteiger partial charge in [0.15, 0.2) is 5.69 Å². The normalized spacial score (nSPS) is 12.4. The lowest BCUT2D eigenvalue weighted by Gasteiger charge is -2.27. The lowest BCUT2D eigenvalue weighted by Crippen LogP contribution is -2.21. The van der Waals surface area contributed by atoms with Crippen molar-refractivity contribution < 1.29 is 9.90 Å². The lowest BCUT2D eigenvalue weighted by atomic mass is 9.78. The maximum atomic E-state index is 12.0. The summed E-state index contributed by atoms with van der Waals surface area (Å²) in [6, 6.07) is 6.26. The number of carbonyl (C=O) groups is 1. The van der Waals surface area contributed by atoms with Gasteiger partial charge in [0.2, 0.25) is 0 Å². The Labute approximate surface area is 158 Å². The summed E-state index contributed by atoms with van der Waals surface area (Å²) in [6.07, 6.45) is 1.52. The van der Waals surface area contributed by atoms with E-state index in [1.54, 1.807) is 0 Å². The quantitative estimate of drug-likeness (QED) is 0.570. The van der Waals surface area contributed by atoms with Crippen LogP contribution in [-0.4, -0.2) is 27.4 Å². The van der Waals surface area contributed by atoms with Crippen molar-refractivity contribution in [1.29, 1.82) is 0 Å². The number of aromatic nitrogens is 2. The molecule has 7 heteroatoms. The minimum absolute atomic E-state index is 0.0585. The molecule has 0 aliphatic carbocycles. The van der Waals surface area contributed by atoms with Gasteiger partial charge in [0.25, 0.3) is 11.5 Å². The molecule has 0 spiro atoms.